The van der Waals surface area contributed by atoms with Crippen LogP contribution >= 0.6 is 11.6 Å². The van der Waals surface area contributed by atoms with Crippen LogP contribution < -0.4 is 10.2 Å². The molecule has 0 aliphatic carbocycles. The molecule has 1 atom stereocenters. The summed E-state index contributed by atoms with van der Waals surface area (Å²) in [6.07, 6.45) is -0.484. The number of morpholine rings is 1. The Morgan fingerprint density at radius 2 is 1.63 bits per heavy atom. The number of anilines is 1. The number of hydrogen-bond donors (Lipinski definition) is 1. The first-order valence-electron chi connectivity index (χ1n) is 12.5. The number of hydroxylamine groups is 2. The largest absolute Gasteiger partial charge is 0.434 e. The van der Waals surface area contributed by atoms with Gasteiger partial charge in [0.15, 0.2) is 0 Å². The monoisotopic (exact) mass is 541 g/mol. The van der Waals surface area contributed by atoms with Gasteiger partial charge in [0.1, 0.15) is 6.04 Å². The fourth-order valence-electron chi connectivity index (χ4n) is 4.72. The number of nitrogens with zero attached hydrogens (tertiary/aromatic N) is 4. The van der Waals surface area contributed by atoms with E-state index in [1.54, 1.807) is 17.0 Å². The summed E-state index contributed by atoms with van der Waals surface area (Å²) in [7, 11) is 0. The van der Waals surface area contributed by atoms with Gasteiger partial charge < -0.3 is 29.6 Å². The number of urea groups is 1. The van der Waals surface area contributed by atoms with E-state index in [-0.39, 0.29) is 19.0 Å². The first kappa shape index (κ1) is 25.8. The Morgan fingerprint density at radius 3 is 2.34 bits per heavy atom. The standard InChI is InChI=1S/C26H28ClN5O6/c27-22-19(23(33)30-13-15-37-16-14-30)7-4-8-21(22)29-9-11-31(12-10-29)26(36)38-32-24(34)20(28-25(32)35)17-18-5-2-1-3-6-18/h1-8,20H,9-17H2,(H,28,35). The molecule has 1 unspecified atom stereocenters. The molecule has 5 rings (SSSR count). The van der Waals surface area contributed by atoms with Crippen molar-refractivity contribution in [1.29, 1.82) is 0 Å². The molecule has 3 heterocycles. The smallest absolute Gasteiger partial charge is 0.378 e. The Bertz CT molecular complexity index is 1210. The van der Waals surface area contributed by atoms with E-state index in [2.05, 4.69) is 5.32 Å². The predicted molar refractivity (Wildman–Crippen MR) is 138 cm³/mol. The molecule has 0 saturated carbocycles. The highest BCUT2D eigenvalue weighted by Crippen LogP contribution is 2.31. The maximum Gasteiger partial charge on any atom is 0.434 e. The lowest BCUT2D eigenvalue weighted by atomic mass is 10.1. The topological polar surface area (TPSA) is 112 Å². The number of benzene rings is 2. The third-order valence-electron chi connectivity index (χ3n) is 6.82. The van der Waals surface area contributed by atoms with Crippen LogP contribution in [-0.2, 0) is 20.8 Å². The summed E-state index contributed by atoms with van der Waals surface area (Å²) in [6.45, 7) is 3.47. The van der Waals surface area contributed by atoms with Gasteiger partial charge in [-0.3, -0.25) is 9.59 Å². The lowest BCUT2D eigenvalue weighted by Gasteiger charge is -2.36. The van der Waals surface area contributed by atoms with Crippen LogP contribution in [0.15, 0.2) is 48.5 Å². The van der Waals surface area contributed by atoms with Crippen LogP contribution in [0.5, 0.6) is 0 Å². The Kier molecular flexibility index (Phi) is 7.66. The van der Waals surface area contributed by atoms with Gasteiger partial charge in [0, 0.05) is 45.7 Å². The van der Waals surface area contributed by atoms with Crippen molar-refractivity contribution in [2.45, 2.75) is 12.5 Å². The van der Waals surface area contributed by atoms with Crippen molar-refractivity contribution in [2.24, 2.45) is 0 Å². The highest BCUT2D eigenvalue weighted by atomic mass is 35.5. The summed E-state index contributed by atoms with van der Waals surface area (Å²) in [6, 6.07) is 13.0. The molecule has 200 valence electrons. The molecule has 5 amide bonds. The number of halogens is 1. The summed E-state index contributed by atoms with van der Waals surface area (Å²) < 4.78 is 5.33. The zero-order valence-electron chi connectivity index (χ0n) is 20.7. The van der Waals surface area contributed by atoms with Crippen molar-refractivity contribution in [1.82, 2.24) is 20.2 Å². The number of nitrogens with one attached hydrogen (secondary N) is 1. The molecule has 0 radical (unpaired) electrons. The number of amides is 5. The van der Waals surface area contributed by atoms with Crippen molar-refractivity contribution in [3.63, 3.8) is 0 Å². The first-order chi connectivity index (χ1) is 18.4. The average Bonchev–Trinajstić information content (AvgIpc) is 3.21. The van der Waals surface area contributed by atoms with Crippen LogP contribution in [-0.4, -0.2) is 97.3 Å². The maximum atomic E-state index is 13.0. The Labute approximate surface area is 224 Å². The molecule has 0 aromatic heterocycles. The molecule has 2 aromatic rings. The second-order valence-corrected chi connectivity index (χ2v) is 9.58. The van der Waals surface area contributed by atoms with Crippen molar-refractivity contribution >= 4 is 41.2 Å². The summed E-state index contributed by atoms with van der Waals surface area (Å²) >= 11 is 6.66. The molecular formula is C26H28ClN5O6. The van der Waals surface area contributed by atoms with Gasteiger partial charge in [0.25, 0.3) is 11.8 Å². The van der Waals surface area contributed by atoms with E-state index < -0.39 is 24.1 Å². The van der Waals surface area contributed by atoms with E-state index in [9.17, 15) is 19.2 Å². The lowest BCUT2D eigenvalue weighted by molar-refractivity contribution is -0.151. The molecule has 0 spiro atoms. The van der Waals surface area contributed by atoms with E-state index >= 15 is 0 Å². The fraction of sp³-hybridized carbons (Fsp3) is 0.385. The van der Waals surface area contributed by atoms with E-state index in [0.717, 1.165) is 5.56 Å². The highest BCUT2D eigenvalue weighted by Gasteiger charge is 2.42. The second-order valence-electron chi connectivity index (χ2n) is 9.20. The lowest BCUT2D eigenvalue weighted by Crippen LogP contribution is -2.51. The molecule has 2 aromatic carbocycles. The SMILES string of the molecule is O=C(ON1C(=O)NC(Cc2ccccc2)C1=O)N1CCN(c2cccc(C(=O)N3CCOCC3)c2Cl)CC1. The quantitative estimate of drug-likeness (QED) is 0.577. The molecule has 3 aliphatic heterocycles. The Balaban J connectivity index is 1.17. The number of piperazine rings is 1. The normalized spacial score (nSPS) is 20.0. The minimum Gasteiger partial charge on any atom is -0.378 e. The van der Waals surface area contributed by atoms with Gasteiger partial charge in [-0.1, -0.05) is 53.1 Å². The van der Waals surface area contributed by atoms with Gasteiger partial charge in [-0.15, -0.1) is 0 Å². The van der Waals surface area contributed by atoms with E-state index in [1.165, 1.54) is 4.90 Å². The molecule has 3 saturated heterocycles. The number of hydrogen-bond acceptors (Lipinski definition) is 7. The van der Waals surface area contributed by atoms with Crippen molar-refractivity contribution in [3.8, 4) is 0 Å². The van der Waals surface area contributed by atoms with Crippen LogP contribution in [0.1, 0.15) is 15.9 Å². The van der Waals surface area contributed by atoms with E-state index in [0.29, 0.717) is 67.2 Å². The molecule has 38 heavy (non-hydrogen) atoms. The Hall–Kier alpha value is -3.83. The minimum atomic E-state index is -0.802. The summed E-state index contributed by atoms with van der Waals surface area (Å²) in [5, 5.41) is 3.43. The molecule has 3 aliphatic rings. The second kappa shape index (κ2) is 11.3. The highest BCUT2D eigenvalue weighted by molar-refractivity contribution is 6.36. The number of carbonyl (C=O) groups excluding carboxylic acids is 4. The van der Waals surface area contributed by atoms with Gasteiger partial charge in [-0.2, -0.15) is 0 Å². The van der Waals surface area contributed by atoms with Crippen LogP contribution in [0.2, 0.25) is 5.02 Å². The Morgan fingerprint density at radius 1 is 0.921 bits per heavy atom. The van der Waals surface area contributed by atoms with Gasteiger partial charge in [-0.25, -0.2) is 9.59 Å². The molecule has 0 bridgehead atoms. The van der Waals surface area contributed by atoms with Crippen LogP contribution in [0, 0.1) is 0 Å². The molecule has 12 heteroatoms. The maximum absolute atomic E-state index is 13.0. The van der Waals surface area contributed by atoms with Crippen molar-refractivity contribution < 1.29 is 28.8 Å². The zero-order chi connectivity index (χ0) is 26.6. The van der Waals surface area contributed by atoms with Gasteiger partial charge in [0.05, 0.1) is 29.5 Å². The van der Waals surface area contributed by atoms with Gasteiger partial charge in [0.2, 0.25) is 0 Å². The minimum absolute atomic E-state index is 0.138. The van der Waals surface area contributed by atoms with Gasteiger partial charge in [-0.05, 0) is 17.7 Å². The molecule has 3 fully saturated rings. The predicted octanol–water partition coefficient (Wildman–Crippen LogP) is 2.15. The van der Waals surface area contributed by atoms with Gasteiger partial charge >= 0.3 is 12.1 Å². The van der Waals surface area contributed by atoms with E-state index in [1.807, 2.05) is 41.3 Å². The van der Waals surface area contributed by atoms with Crippen molar-refractivity contribution in [2.75, 3.05) is 57.4 Å². The average molecular weight is 542 g/mol. The first-order valence-corrected chi connectivity index (χ1v) is 12.9. The fourth-order valence-corrected chi connectivity index (χ4v) is 5.04. The third-order valence-corrected chi connectivity index (χ3v) is 7.22. The van der Waals surface area contributed by atoms with E-state index in [4.69, 9.17) is 21.2 Å². The molecular weight excluding hydrogens is 514 g/mol. The number of ether oxygens (including phenoxy) is 1. The number of carbonyl (C=O) groups is 4. The zero-order valence-corrected chi connectivity index (χ0v) is 21.4. The van der Waals surface area contributed by atoms with Crippen LogP contribution in [0.4, 0.5) is 15.3 Å². The van der Waals surface area contributed by atoms with Crippen molar-refractivity contribution in [3.05, 3.63) is 64.7 Å². The summed E-state index contributed by atoms with van der Waals surface area (Å²) in [4.78, 5) is 61.1. The van der Waals surface area contributed by atoms with Crippen LogP contribution in [0.3, 0.4) is 0 Å². The summed E-state index contributed by atoms with van der Waals surface area (Å²) in [5.74, 6) is -0.749. The number of imide groups is 1. The number of rotatable bonds is 5. The molecule has 1 N–H and O–H groups in total. The van der Waals surface area contributed by atoms with Crippen LogP contribution in [0.25, 0.3) is 0 Å². The summed E-state index contributed by atoms with van der Waals surface area (Å²) in [5.41, 5.74) is 2.01. The third kappa shape index (κ3) is 5.39. The molecule has 11 nitrogen and oxygen atoms in total.